The van der Waals surface area contributed by atoms with Crippen LogP contribution >= 0.6 is 11.6 Å². The van der Waals surface area contributed by atoms with Crippen molar-refractivity contribution in [2.75, 3.05) is 16.8 Å². The molecule has 3 N–H and O–H groups in total. The van der Waals surface area contributed by atoms with Crippen LogP contribution in [0.4, 0.5) is 11.4 Å². The molecule has 1 spiro atoms. The minimum atomic E-state index is -2.90. The lowest BCUT2D eigenvalue weighted by Crippen LogP contribution is -2.46. The van der Waals surface area contributed by atoms with Gasteiger partial charge in [-0.25, -0.2) is 0 Å². The van der Waals surface area contributed by atoms with Crippen molar-refractivity contribution >= 4 is 43.1 Å². The molecule has 1 fully saturated rings. The molecule has 2 aliphatic heterocycles. The number of halogens is 1. The standard InChI is InChI=1S/C40H42ClN5O5Si/c1-26-37(52(2,3)50)36(19-20-45-24-34(43-44-45)32(25-47)28-12-6-4-7-13-28)51-40(26)33-22-30(41)17-18-35(33)46(39(40)49)23-27-11-10-16-31(21-27)42-38(48)29-14-8-5-9-15-29/h4-18,21-22,24,26,32,36-37,47,50H,19-20,23,25H2,1-3H3,(H,42,48)/t26-,32?,36+,37-,40+/m0/s1. The van der Waals surface area contributed by atoms with Crippen molar-refractivity contribution in [3.63, 3.8) is 0 Å². The molecular weight excluding hydrogens is 694 g/mol. The highest BCUT2D eigenvalue weighted by Crippen LogP contribution is 2.60. The summed E-state index contributed by atoms with van der Waals surface area (Å²) in [6.45, 7) is 6.37. The number of ether oxygens (including phenoxy) is 1. The molecule has 0 aliphatic carbocycles. The molecule has 12 heteroatoms. The van der Waals surface area contributed by atoms with Gasteiger partial charge in [-0.3, -0.25) is 14.3 Å². The zero-order valence-electron chi connectivity index (χ0n) is 29.3. The van der Waals surface area contributed by atoms with Crippen LogP contribution in [0.1, 0.15) is 52.0 Å². The Labute approximate surface area is 309 Å². The highest BCUT2D eigenvalue weighted by Gasteiger charge is 2.66. The van der Waals surface area contributed by atoms with Gasteiger partial charge in [-0.15, -0.1) is 5.10 Å². The van der Waals surface area contributed by atoms with Crippen LogP contribution in [-0.2, 0) is 28.2 Å². The monoisotopic (exact) mass is 735 g/mol. The molecule has 5 aromatic rings. The van der Waals surface area contributed by atoms with Gasteiger partial charge in [0.25, 0.3) is 11.8 Å². The molecule has 52 heavy (non-hydrogen) atoms. The van der Waals surface area contributed by atoms with E-state index < -0.39 is 20.0 Å². The normalized spacial score (nSPS) is 21.8. The lowest BCUT2D eigenvalue weighted by molar-refractivity contribution is -0.146. The Balaban J connectivity index is 1.15. The van der Waals surface area contributed by atoms with Crippen molar-refractivity contribution in [3.8, 4) is 0 Å². The quantitative estimate of drug-likeness (QED) is 0.128. The van der Waals surface area contributed by atoms with Crippen LogP contribution in [0.3, 0.4) is 0 Å². The summed E-state index contributed by atoms with van der Waals surface area (Å²) in [6.07, 6.45) is 1.87. The number of aryl methyl sites for hydroxylation is 1. The first-order valence-corrected chi connectivity index (χ1v) is 20.9. The number of aliphatic hydroxyl groups is 1. The Hall–Kier alpha value is -4.65. The second-order valence-electron chi connectivity index (χ2n) is 14.3. The van der Waals surface area contributed by atoms with Crippen LogP contribution in [0.25, 0.3) is 0 Å². The van der Waals surface area contributed by atoms with E-state index in [1.807, 2.05) is 111 Å². The molecule has 0 bridgehead atoms. The minimum absolute atomic E-state index is 0.103. The largest absolute Gasteiger partial charge is 0.432 e. The zero-order chi connectivity index (χ0) is 36.6. The van der Waals surface area contributed by atoms with Gasteiger partial charge >= 0.3 is 0 Å². The van der Waals surface area contributed by atoms with Gasteiger partial charge in [0.15, 0.2) is 13.9 Å². The molecule has 0 saturated carbocycles. The van der Waals surface area contributed by atoms with Crippen molar-refractivity contribution in [2.24, 2.45) is 5.92 Å². The van der Waals surface area contributed by atoms with E-state index in [0.29, 0.717) is 46.2 Å². The number of aromatic nitrogens is 3. The number of carbonyl (C=O) groups is 2. The second-order valence-corrected chi connectivity index (χ2v) is 18.7. The lowest BCUT2D eigenvalue weighted by Gasteiger charge is -2.32. The minimum Gasteiger partial charge on any atom is -0.432 e. The summed E-state index contributed by atoms with van der Waals surface area (Å²) < 4.78 is 8.72. The predicted molar refractivity (Wildman–Crippen MR) is 203 cm³/mol. The number of benzene rings is 4. The summed E-state index contributed by atoms with van der Waals surface area (Å²) >= 11 is 6.59. The fourth-order valence-electron chi connectivity index (χ4n) is 8.10. The predicted octanol–water partition coefficient (Wildman–Crippen LogP) is 6.74. The van der Waals surface area contributed by atoms with E-state index in [2.05, 4.69) is 15.6 Å². The van der Waals surface area contributed by atoms with E-state index in [4.69, 9.17) is 16.3 Å². The van der Waals surface area contributed by atoms with E-state index in [-0.39, 0.29) is 42.3 Å². The average molecular weight is 736 g/mol. The second kappa shape index (κ2) is 14.4. The lowest BCUT2D eigenvalue weighted by atomic mass is 9.82. The third-order valence-corrected chi connectivity index (χ3v) is 13.2. The third-order valence-electron chi connectivity index (χ3n) is 10.4. The highest BCUT2D eigenvalue weighted by atomic mass is 35.5. The summed E-state index contributed by atoms with van der Waals surface area (Å²) in [7, 11) is -2.90. The zero-order valence-corrected chi connectivity index (χ0v) is 31.1. The SMILES string of the molecule is C[C@H]1[C@H]([Si](C)(C)O)[C@@H](CCn2cc(C(CO)c3ccccc3)nn2)O[C@]12C(=O)N(Cc1cccc(NC(=O)c3ccccc3)c1)c1ccc(Cl)cc12. The molecular formula is C40H42ClN5O5Si. The number of rotatable bonds is 11. The van der Waals surface area contributed by atoms with E-state index in [9.17, 15) is 19.5 Å². The smallest absolute Gasteiger partial charge is 0.264 e. The summed E-state index contributed by atoms with van der Waals surface area (Å²) in [6, 6.07) is 31.6. The van der Waals surface area contributed by atoms with Crippen molar-refractivity contribution in [1.82, 2.24) is 15.0 Å². The summed E-state index contributed by atoms with van der Waals surface area (Å²) in [5, 5.41) is 22.3. The van der Waals surface area contributed by atoms with Gasteiger partial charge in [0.2, 0.25) is 0 Å². The van der Waals surface area contributed by atoms with Crippen LogP contribution < -0.4 is 10.2 Å². The first-order chi connectivity index (χ1) is 25.0. The topological polar surface area (TPSA) is 130 Å². The number of anilines is 2. The maximum Gasteiger partial charge on any atom is 0.264 e. The molecule has 2 aliphatic rings. The number of hydrogen-bond donors (Lipinski definition) is 3. The van der Waals surface area contributed by atoms with Gasteiger partial charge in [-0.05, 0) is 73.1 Å². The Kier molecular flexibility index (Phi) is 9.90. The van der Waals surface area contributed by atoms with Gasteiger partial charge in [-0.1, -0.05) is 84.4 Å². The van der Waals surface area contributed by atoms with Gasteiger partial charge < -0.3 is 24.9 Å². The number of amides is 2. The Morgan fingerprint density at radius 1 is 1.02 bits per heavy atom. The molecule has 4 aromatic carbocycles. The van der Waals surface area contributed by atoms with Crippen molar-refractivity contribution in [2.45, 2.75) is 62.7 Å². The van der Waals surface area contributed by atoms with Crippen LogP contribution in [0, 0.1) is 5.92 Å². The fourth-order valence-corrected chi connectivity index (χ4v) is 10.9. The average Bonchev–Trinajstić information content (AvgIpc) is 3.79. The number of carbonyl (C=O) groups excluding carboxylic acids is 2. The number of nitrogens with zero attached hydrogens (tertiary/aromatic N) is 4. The number of fused-ring (bicyclic) bond motifs is 2. The number of aliphatic hydroxyl groups excluding tert-OH is 1. The summed E-state index contributed by atoms with van der Waals surface area (Å²) in [5.41, 5.74) is 3.36. The first kappa shape index (κ1) is 35.7. The van der Waals surface area contributed by atoms with Gasteiger partial charge in [0, 0.05) is 46.0 Å². The van der Waals surface area contributed by atoms with Crippen molar-refractivity contribution < 1.29 is 24.2 Å². The van der Waals surface area contributed by atoms with E-state index in [1.54, 1.807) is 27.8 Å². The van der Waals surface area contributed by atoms with Gasteiger partial charge in [-0.2, -0.15) is 0 Å². The van der Waals surface area contributed by atoms with Crippen molar-refractivity contribution in [3.05, 3.63) is 142 Å². The Bertz CT molecular complexity index is 2070. The van der Waals surface area contributed by atoms with Gasteiger partial charge in [0.1, 0.15) is 0 Å². The van der Waals surface area contributed by atoms with Gasteiger partial charge in [0.05, 0.1) is 36.6 Å². The molecule has 7 rings (SSSR count). The Morgan fingerprint density at radius 2 is 1.75 bits per heavy atom. The molecule has 10 nitrogen and oxygen atoms in total. The summed E-state index contributed by atoms with van der Waals surface area (Å²) in [4.78, 5) is 41.2. The van der Waals surface area contributed by atoms with Crippen LogP contribution in [-0.4, -0.2) is 57.7 Å². The number of nitrogens with one attached hydrogen (secondary N) is 1. The molecule has 1 aromatic heterocycles. The first-order valence-electron chi connectivity index (χ1n) is 17.5. The van der Waals surface area contributed by atoms with E-state index in [0.717, 1.165) is 11.1 Å². The molecule has 0 radical (unpaired) electrons. The molecule has 5 atom stereocenters. The Morgan fingerprint density at radius 3 is 2.46 bits per heavy atom. The van der Waals surface area contributed by atoms with E-state index >= 15 is 0 Å². The van der Waals surface area contributed by atoms with Crippen molar-refractivity contribution in [1.29, 1.82) is 0 Å². The third kappa shape index (κ3) is 6.70. The number of hydrogen-bond acceptors (Lipinski definition) is 7. The summed E-state index contributed by atoms with van der Waals surface area (Å²) in [5.74, 6) is -1.10. The molecule has 268 valence electrons. The molecule has 1 saturated heterocycles. The molecule has 2 amide bonds. The maximum atomic E-state index is 14.9. The maximum absolute atomic E-state index is 14.9. The molecule has 3 heterocycles. The molecule has 1 unspecified atom stereocenters. The fraction of sp³-hybridized carbons (Fsp3) is 0.300. The van der Waals surface area contributed by atoms with Crippen LogP contribution in [0.2, 0.25) is 23.7 Å². The van der Waals surface area contributed by atoms with Crippen LogP contribution in [0.5, 0.6) is 0 Å². The van der Waals surface area contributed by atoms with E-state index in [1.165, 1.54) is 0 Å². The highest BCUT2D eigenvalue weighted by molar-refractivity contribution is 6.71. The van der Waals surface area contributed by atoms with Crippen LogP contribution in [0.15, 0.2) is 109 Å².